The third-order valence-electron chi connectivity index (χ3n) is 2.71. The van der Waals surface area contributed by atoms with E-state index in [0.717, 1.165) is 19.5 Å². The normalized spacial score (nSPS) is 16.7. The number of benzene rings is 1. The van der Waals surface area contributed by atoms with Gasteiger partial charge in [-0.25, -0.2) is 0 Å². The van der Waals surface area contributed by atoms with Gasteiger partial charge in [0.15, 0.2) is 0 Å². The number of thioether (sulfide) groups is 1. The summed E-state index contributed by atoms with van der Waals surface area (Å²) in [5, 5.41) is 3.41. The lowest BCUT2D eigenvalue weighted by atomic mass is 10.0. The molecule has 1 aliphatic heterocycles. The molecule has 1 aliphatic rings. The molecule has 1 atom stereocenters. The van der Waals surface area contributed by atoms with Crippen LogP contribution in [0.2, 0.25) is 0 Å². The number of rotatable bonds is 3. The van der Waals surface area contributed by atoms with Crippen molar-refractivity contribution in [2.45, 2.75) is 18.2 Å². The van der Waals surface area contributed by atoms with E-state index in [2.05, 4.69) is 30.4 Å². The van der Waals surface area contributed by atoms with Crippen LogP contribution in [0.5, 0.6) is 0 Å². The predicted octanol–water partition coefficient (Wildman–Crippen LogP) is 2.34. The zero-order chi connectivity index (χ0) is 10.7. The molecule has 2 rings (SSSR count). The summed E-state index contributed by atoms with van der Waals surface area (Å²) >= 11 is 1.94. The molecule has 0 radical (unpaired) electrons. The highest BCUT2D eigenvalue weighted by Gasteiger charge is 2.10. The maximum Gasteiger partial charge on any atom is 0.0478 e. The molecule has 0 bridgehead atoms. The second-order valence-corrected chi connectivity index (χ2v) is 5.29. The summed E-state index contributed by atoms with van der Waals surface area (Å²) in [6.07, 6.45) is 1.09. The quantitative estimate of drug-likeness (QED) is 0.824. The Morgan fingerprint density at radius 1 is 1.53 bits per heavy atom. The fourth-order valence-corrected chi connectivity index (χ4v) is 2.75. The molecular formula is C12H18N2S. The van der Waals surface area contributed by atoms with E-state index in [-0.39, 0.29) is 0 Å². The third-order valence-corrected chi connectivity index (χ3v) is 3.76. The van der Waals surface area contributed by atoms with Crippen LogP contribution in [-0.2, 0) is 6.42 Å². The van der Waals surface area contributed by atoms with Gasteiger partial charge in [0.2, 0.25) is 0 Å². The Balaban J connectivity index is 2.13. The van der Waals surface area contributed by atoms with E-state index in [9.17, 15) is 0 Å². The van der Waals surface area contributed by atoms with Crippen molar-refractivity contribution in [1.82, 2.24) is 0 Å². The van der Waals surface area contributed by atoms with Crippen molar-refractivity contribution in [2.24, 2.45) is 11.7 Å². The van der Waals surface area contributed by atoms with Crippen LogP contribution in [0, 0.1) is 5.92 Å². The van der Waals surface area contributed by atoms with Crippen molar-refractivity contribution in [1.29, 1.82) is 0 Å². The smallest absolute Gasteiger partial charge is 0.0478 e. The minimum absolute atomic E-state index is 0.574. The molecule has 0 saturated carbocycles. The Morgan fingerprint density at radius 2 is 2.40 bits per heavy atom. The van der Waals surface area contributed by atoms with Crippen LogP contribution in [0.1, 0.15) is 12.5 Å². The SMILES string of the molecule is CC(CN)Cc1ccc2c(c1)SCCN2. The number of nitrogens with one attached hydrogen (secondary N) is 1. The van der Waals surface area contributed by atoms with Gasteiger partial charge in [0.05, 0.1) is 0 Å². The molecule has 0 fully saturated rings. The summed E-state index contributed by atoms with van der Waals surface area (Å²) < 4.78 is 0. The van der Waals surface area contributed by atoms with E-state index in [4.69, 9.17) is 5.73 Å². The lowest BCUT2D eigenvalue weighted by molar-refractivity contribution is 0.592. The second-order valence-electron chi connectivity index (χ2n) is 4.15. The van der Waals surface area contributed by atoms with Crippen molar-refractivity contribution in [3.63, 3.8) is 0 Å². The van der Waals surface area contributed by atoms with Crippen LogP contribution in [0.4, 0.5) is 5.69 Å². The van der Waals surface area contributed by atoms with Gasteiger partial charge in [-0.2, -0.15) is 0 Å². The Hall–Kier alpha value is -0.670. The van der Waals surface area contributed by atoms with Crippen LogP contribution in [0.15, 0.2) is 23.1 Å². The molecule has 1 aromatic carbocycles. The van der Waals surface area contributed by atoms with Crippen molar-refractivity contribution in [2.75, 3.05) is 24.2 Å². The minimum Gasteiger partial charge on any atom is -0.383 e. The van der Waals surface area contributed by atoms with Crippen LogP contribution in [0.3, 0.4) is 0 Å². The van der Waals surface area contributed by atoms with Gasteiger partial charge in [-0.1, -0.05) is 13.0 Å². The lowest BCUT2D eigenvalue weighted by Gasteiger charge is -2.18. The summed E-state index contributed by atoms with van der Waals surface area (Å²) in [4.78, 5) is 1.39. The van der Waals surface area contributed by atoms with Crippen LogP contribution < -0.4 is 11.1 Å². The van der Waals surface area contributed by atoms with Gasteiger partial charge >= 0.3 is 0 Å². The van der Waals surface area contributed by atoms with Gasteiger partial charge in [0, 0.05) is 22.9 Å². The molecule has 82 valence electrons. The average Bonchev–Trinajstić information content (AvgIpc) is 2.29. The molecule has 0 aliphatic carbocycles. The van der Waals surface area contributed by atoms with E-state index >= 15 is 0 Å². The van der Waals surface area contributed by atoms with E-state index in [1.165, 1.54) is 21.9 Å². The fourth-order valence-electron chi connectivity index (χ4n) is 1.79. The Bertz CT molecular complexity index is 338. The molecule has 1 unspecified atom stereocenters. The summed E-state index contributed by atoms with van der Waals surface area (Å²) in [6.45, 7) is 4.05. The number of hydrogen-bond donors (Lipinski definition) is 2. The zero-order valence-electron chi connectivity index (χ0n) is 9.12. The standard InChI is InChI=1S/C12H18N2S/c1-9(8-13)6-10-2-3-11-12(7-10)15-5-4-14-11/h2-3,7,9,14H,4-6,8,13H2,1H3. The molecule has 1 heterocycles. The second kappa shape index (κ2) is 4.90. The van der Waals surface area contributed by atoms with Gasteiger partial charge in [-0.3, -0.25) is 0 Å². The highest BCUT2D eigenvalue weighted by atomic mass is 32.2. The molecule has 0 amide bonds. The summed E-state index contributed by atoms with van der Waals surface area (Å²) in [7, 11) is 0. The van der Waals surface area contributed by atoms with Gasteiger partial charge in [0.1, 0.15) is 0 Å². The molecule has 1 aromatic rings. The lowest BCUT2D eigenvalue weighted by Crippen LogP contribution is -2.14. The summed E-state index contributed by atoms with van der Waals surface area (Å²) in [5.41, 5.74) is 8.33. The van der Waals surface area contributed by atoms with Crippen molar-refractivity contribution >= 4 is 17.4 Å². The van der Waals surface area contributed by atoms with E-state index in [1.54, 1.807) is 0 Å². The van der Waals surface area contributed by atoms with Crippen molar-refractivity contribution in [3.8, 4) is 0 Å². The summed E-state index contributed by atoms with van der Waals surface area (Å²) in [6, 6.07) is 6.71. The Morgan fingerprint density at radius 3 is 3.20 bits per heavy atom. The number of nitrogens with two attached hydrogens (primary N) is 1. The van der Waals surface area contributed by atoms with Gasteiger partial charge in [-0.05, 0) is 36.6 Å². The molecule has 3 heteroatoms. The first-order valence-electron chi connectivity index (χ1n) is 5.49. The third kappa shape index (κ3) is 2.67. The zero-order valence-corrected chi connectivity index (χ0v) is 9.94. The van der Waals surface area contributed by atoms with Gasteiger partial charge < -0.3 is 11.1 Å². The monoisotopic (exact) mass is 222 g/mol. The molecule has 3 N–H and O–H groups in total. The molecule has 0 aromatic heterocycles. The predicted molar refractivity (Wildman–Crippen MR) is 67.6 cm³/mol. The molecule has 2 nitrogen and oxygen atoms in total. The largest absolute Gasteiger partial charge is 0.383 e. The van der Waals surface area contributed by atoms with Gasteiger partial charge in [0.25, 0.3) is 0 Å². The average molecular weight is 222 g/mol. The van der Waals surface area contributed by atoms with Crippen LogP contribution >= 0.6 is 11.8 Å². The number of fused-ring (bicyclic) bond motifs is 1. The first-order valence-corrected chi connectivity index (χ1v) is 6.48. The van der Waals surface area contributed by atoms with Crippen LogP contribution in [-0.4, -0.2) is 18.8 Å². The van der Waals surface area contributed by atoms with Crippen LogP contribution in [0.25, 0.3) is 0 Å². The summed E-state index contributed by atoms with van der Waals surface area (Å²) in [5.74, 6) is 1.74. The number of anilines is 1. The van der Waals surface area contributed by atoms with E-state index in [1.807, 2.05) is 11.8 Å². The van der Waals surface area contributed by atoms with E-state index in [0.29, 0.717) is 5.92 Å². The maximum absolute atomic E-state index is 5.64. The van der Waals surface area contributed by atoms with E-state index < -0.39 is 0 Å². The van der Waals surface area contributed by atoms with Gasteiger partial charge in [-0.15, -0.1) is 11.8 Å². The highest BCUT2D eigenvalue weighted by Crippen LogP contribution is 2.31. The van der Waals surface area contributed by atoms with Crippen molar-refractivity contribution in [3.05, 3.63) is 23.8 Å². The fraction of sp³-hybridized carbons (Fsp3) is 0.500. The molecule has 0 saturated heterocycles. The molecule has 0 spiro atoms. The van der Waals surface area contributed by atoms with Crippen molar-refractivity contribution < 1.29 is 0 Å². The number of hydrogen-bond acceptors (Lipinski definition) is 3. The Kier molecular flexibility index (Phi) is 3.54. The molecular weight excluding hydrogens is 204 g/mol. The minimum atomic E-state index is 0.574. The highest BCUT2D eigenvalue weighted by molar-refractivity contribution is 7.99. The maximum atomic E-state index is 5.64. The first kappa shape index (κ1) is 10.8. The first-order chi connectivity index (χ1) is 7.29. The molecule has 15 heavy (non-hydrogen) atoms. The topological polar surface area (TPSA) is 38.0 Å². The Labute approximate surface area is 95.6 Å².